The minimum atomic E-state index is 0.213. The summed E-state index contributed by atoms with van der Waals surface area (Å²) < 4.78 is 0. The average Bonchev–Trinajstić information content (AvgIpc) is 2.42. The molecule has 1 rings (SSSR count). The molecule has 0 saturated heterocycles. The number of halogens is 1. The van der Waals surface area contributed by atoms with Crippen molar-refractivity contribution in [2.45, 2.75) is 33.2 Å². The highest BCUT2D eigenvalue weighted by atomic mass is 35.5. The fourth-order valence-electron chi connectivity index (χ4n) is 2.15. The Bertz CT molecular complexity index is 371. The molecule has 0 radical (unpaired) electrons. The van der Waals surface area contributed by atoms with Crippen molar-refractivity contribution in [1.82, 2.24) is 5.32 Å². The van der Waals surface area contributed by atoms with Crippen LogP contribution in [0.2, 0.25) is 5.02 Å². The number of aliphatic hydroxyl groups excluding tert-OH is 1. The van der Waals surface area contributed by atoms with Crippen LogP contribution in [0, 0.1) is 0 Å². The summed E-state index contributed by atoms with van der Waals surface area (Å²) in [7, 11) is 0. The number of para-hydroxylation sites is 1. The van der Waals surface area contributed by atoms with Crippen molar-refractivity contribution in [3.05, 3.63) is 28.8 Å². The minimum absolute atomic E-state index is 0.213. The topological polar surface area (TPSA) is 35.5 Å². The van der Waals surface area contributed by atoms with Crippen molar-refractivity contribution >= 4 is 17.3 Å². The van der Waals surface area contributed by atoms with E-state index in [1.807, 2.05) is 12.1 Å². The van der Waals surface area contributed by atoms with Gasteiger partial charge in [0.15, 0.2) is 0 Å². The first-order valence-corrected chi connectivity index (χ1v) is 7.46. The van der Waals surface area contributed by atoms with E-state index in [2.05, 4.69) is 30.1 Å². The lowest BCUT2D eigenvalue weighted by atomic mass is 10.1. The molecule has 19 heavy (non-hydrogen) atoms. The van der Waals surface area contributed by atoms with Crippen LogP contribution in [0.25, 0.3) is 0 Å². The van der Waals surface area contributed by atoms with Crippen LogP contribution in [0.1, 0.15) is 32.3 Å². The summed E-state index contributed by atoms with van der Waals surface area (Å²) in [4.78, 5) is 2.24. The highest BCUT2D eigenvalue weighted by Crippen LogP contribution is 2.30. The molecule has 2 N–H and O–H groups in total. The second-order valence-corrected chi connectivity index (χ2v) is 4.99. The van der Waals surface area contributed by atoms with Gasteiger partial charge in [-0.05, 0) is 37.9 Å². The molecular weight excluding hydrogens is 260 g/mol. The Kier molecular flexibility index (Phi) is 7.87. The monoisotopic (exact) mass is 284 g/mol. The van der Waals surface area contributed by atoms with Crippen LogP contribution < -0.4 is 10.2 Å². The van der Waals surface area contributed by atoms with Gasteiger partial charge in [-0.1, -0.05) is 30.7 Å². The van der Waals surface area contributed by atoms with E-state index in [0.717, 1.165) is 49.7 Å². The van der Waals surface area contributed by atoms with Gasteiger partial charge in [0.1, 0.15) is 0 Å². The van der Waals surface area contributed by atoms with E-state index in [4.69, 9.17) is 16.7 Å². The summed E-state index contributed by atoms with van der Waals surface area (Å²) in [5, 5.41) is 13.2. The highest BCUT2D eigenvalue weighted by Gasteiger charge is 2.13. The van der Waals surface area contributed by atoms with Gasteiger partial charge in [0.2, 0.25) is 0 Å². The summed E-state index contributed by atoms with van der Waals surface area (Å²) in [5.74, 6) is 0. The van der Waals surface area contributed by atoms with Gasteiger partial charge in [-0.15, -0.1) is 0 Å². The molecule has 0 aromatic heterocycles. The quantitative estimate of drug-likeness (QED) is 0.684. The molecule has 0 unspecified atom stereocenters. The maximum atomic E-state index is 9.00. The van der Waals surface area contributed by atoms with Crippen LogP contribution in [0.4, 0.5) is 5.69 Å². The van der Waals surface area contributed by atoms with E-state index in [9.17, 15) is 0 Å². The van der Waals surface area contributed by atoms with E-state index in [0.29, 0.717) is 0 Å². The van der Waals surface area contributed by atoms with Gasteiger partial charge in [0.05, 0.1) is 10.7 Å². The number of aliphatic hydroxyl groups is 1. The van der Waals surface area contributed by atoms with Gasteiger partial charge in [-0.3, -0.25) is 0 Å². The minimum Gasteiger partial charge on any atom is -0.396 e. The number of anilines is 1. The first-order valence-electron chi connectivity index (χ1n) is 7.08. The molecule has 1 aromatic carbocycles. The number of benzene rings is 1. The van der Waals surface area contributed by atoms with E-state index in [-0.39, 0.29) is 6.61 Å². The SMILES string of the molecule is CCCNCc1cccc(Cl)c1N(CC)CCCO. The smallest absolute Gasteiger partial charge is 0.0642 e. The molecule has 0 aliphatic heterocycles. The van der Waals surface area contributed by atoms with Crippen LogP contribution in [-0.4, -0.2) is 31.3 Å². The van der Waals surface area contributed by atoms with Gasteiger partial charge in [0, 0.05) is 26.2 Å². The Morgan fingerprint density at radius 2 is 2.11 bits per heavy atom. The number of rotatable bonds is 9. The fourth-order valence-corrected chi connectivity index (χ4v) is 2.46. The highest BCUT2D eigenvalue weighted by molar-refractivity contribution is 6.33. The Morgan fingerprint density at radius 1 is 1.32 bits per heavy atom. The van der Waals surface area contributed by atoms with Gasteiger partial charge in [0.25, 0.3) is 0 Å². The lowest BCUT2D eigenvalue weighted by molar-refractivity contribution is 0.289. The zero-order valence-electron chi connectivity index (χ0n) is 12.0. The van der Waals surface area contributed by atoms with Crippen molar-refractivity contribution in [3.63, 3.8) is 0 Å². The molecule has 0 bridgehead atoms. The molecule has 0 aliphatic carbocycles. The zero-order chi connectivity index (χ0) is 14.1. The van der Waals surface area contributed by atoms with Crippen molar-refractivity contribution < 1.29 is 5.11 Å². The third-order valence-electron chi connectivity index (χ3n) is 3.10. The average molecular weight is 285 g/mol. The molecule has 0 aliphatic rings. The molecule has 108 valence electrons. The predicted octanol–water partition coefficient (Wildman–Crippen LogP) is 3.05. The summed E-state index contributed by atoms with van der Waals surface area (Å²) >= 11 is 6.36. The fraction of sp³-hybridized carbons (Fsp3) is 0.600. The van der Waals surface area contributed by atoms with Crippen LogP contribution >= 0.6 is 11.6 Å². The largest absolute Gasteiger partial charge is 0.396 e. The number of nitrogens with one attached hydrogen (secondary N) is 1. The van der Waals surface area contributed by atoms with Crippen molar-refractivity contribution in [2.24, 2.45) is 0 Å². The Hall–Kier alpha value is -0.770. The second kappa shape index (κ2) is 9.18. The van der Waals surface area contributed by atoms with Gasteiger partial charge in [-0.25, -0.2) is 0 Å². The van der Waals surface area contributed by atoms with Crippen LogP contribution in [0.5, 0.6) is 0 Å². The van der Waals surface area contributed by atoms with Gasteiger partial charge >= 0.3 is 0 Å². The van der Waals surface area contributed by atoms with Crippen molar-refractivity contribution in [3.8, 4) is 0 Å². The standard InChI is InChI=1S/C15H25ClN2O/c1-3-9-17-12-13-7-5-8-14(16)15(13)18(4-2)10-6-11-19/h5,7-8,17,19H,3-4,6,9-12H2,1-2H3. The maximum absolute atomic E-state index is 9.00. The molecule has 0 saturated carbocycles. The Balaban J connectivity index is 2.88. The lowest BCUT2D eigenvalue weighted by Crippen LogP contribution is -2.27. The van der Waals surface area contributed by atoms with E-state index in [1.165, 1.54) is 5.56 Å². The van der Waals surface area contributed by atoms with E-state index < -0.39 is 0 Å². The number of nitrogens with zero attached hydrogens (tertiary/aromatic N) is 1. The second-order valence-electron chi connectivity index (χ2n) is 4.58. The molecule has 1 aromatic rings. The zero-order valence-corrected chi connectivity index (χ0v) is 12.7. The first-order chi connectivity index (χ1) is 9.24. The maximum Gasteiger partial charge on any atom is 0.0642 e. The van der Waals surface area contributed by atoms with Crippen molar-refractivity contribution in [1.29, 1.82) is 0 Å². The Morgan fingerprint density at radius 3 is 2.74 bits per heavy atom. The van der Waals surface area contributed by atoms with Crippen LogP contribution in [0.3, 0.4) is 0 Å². The Labute approximate surface area is 121 Å². The number of hydrogen-bond donors (Lipinski definition) is 2. The first kappa shape index (κ1) is 16.3. The summed E-state index contributed by atoms with van der Waals surface area (Å²) in [6.45, 7) is 8.05. The van der Waals surface area contributed by atoms with Gasteiger partial charge in [-0.2, -0.15) is 0 Å². The van der Waals surface area contributed by atoms with E-state index in [1.54, 1.807) is 0 Å². The molecule has 3 nitrogen and oxygen atoms in total. The predicted molar refractivity (Wildman–Crippen MR) is 83.0 cm³/mol. The summed E-state index contributed by atoms with van der Waals surface area (Å²) in [5.41, 5.74) is 2.32. The van der Waals surface area contributed by atoms with Gasteiger partial charge < -0.3 is 15.3 Å². The van der Waals surface area contributed by atoms with E-state index >= 15 is 0 Å². The van der Waals surface area contributed by atoms with Crippen LogP contribution in [0.15, 0.2) is 18.2 Å². The summed E-state index contributed by atoms with van der Waals surface area (Å²) in [6, 6.07) is 6.04. The molecule has 0 fully saturated rings. The third-order valence-corrected chi connectivity index (χ3v) is 3.40. The lowest BCUT2D eigenvalue weighted by Gasteiger charge is -2.27. The molecule has 0 amide bonds. The molecular formula is C15H25ClN2O. The molecule has 4 heteroatoms. The molecule has 0 atom stereocenters. The normalized spacial score (nSPS) is 10.7. The molecule has 0 spiro atoms. The summed E-state index contributed by atoms with van der Waals surface area (Å²) in [6.07, 6.45) is 1.89. The van der Waals surface area contributed by atoms with Crippen LogP contribution in [-0.2, 0) is 6.54 Å². The number of hydrogen-bond acceptors (Lipinski definition) is 3. The molecule has 0 heterocycles. The van der Waals surface area contributed by atoms with Crippen molar-refractivity contribution in [2.75, 3.05) is 31.1 Å². The third kappa shape index (κ3) is 5.01.